The monoisotopic (exact) mass is 339 g/mol. The molecule has 0 spiro atoms. The lowest BCUT2D eigenvalue weighted by Gasteiger charge is -2.24. The van der Waals surface area contributed by atoms with Gasteiger partial charge in [0.1, 0.15) is 0 Å². The molecule has 10 heteroatoms. The minimum absolute atomic E-state index is 0.0973. The zero-order valence-corrected chi connectivity index (χ0v) is 12.6. The molecule has 1 heterocycles. The lowest BCUT2D eigenvalue weighted by molar-refractivity contribution is -0.118. The highest BCUT2D eigenvalue weighted by Gasteiger charge is 2.33. The molecule has 102 valence electrons. The minimum atomic E-state index is -3.89. The van der Waals surface area contributed by atoms with Crippen molar-refractivity contribution in [2.75, 3.05) is 6.54 Å². The summed E-state index contributed by atoms with van der Waals surface area (Å²) in [5, 5.41) is 7.10. The van der Waals surface area contributed by atoms with E-state index >= 15 is 0 Å². The highest BCUT2D eigenvalue weighted by molar-refractivity contribution is 9.10. The van der Waals surface area contributed by atoms with Gasteiger partial charge in [-0.05, 0) is 29.8 Å². The molecule has 2 N–H and O–H groups in total. The molecule has 0 fully saturated rings. The predicted molar refractivity (Wildman–Crippen MR) is 66.9 cm³/mol. The summed E-state index contributed by atoms with van der Waals surface area (Å²) in [6.07, 6.45) is 0. The highest BCUT2D eigenvalue weighted by Crippen LogP contribution is 2.23. The van der Waals surface area contributed by atoms with Crippen molar-refractivity contribution in [1.82, 2.24) is 19.3 Å². The first-order chi connectivity index (χ1) is 8.17. The van der Waals surface area contributed by atoms with Gasteiger partial charge < -0.3 is 5.73 Å². The standard InChI is InChI=1S/C8H14BrN5O3S/c1-5(2)14(4-6(10)15)18(16,17)8-7(9)11-12-13(8)3/h5H,4H2,1-3H3,(H2,10,15). The Morgan fingerprint density at radius 2 is 2.11 bits per heavy atom. The van der Waals surface area contributed by atoms with E-state index in [1.165, 1.54) is 7.05 Å². The second kappa shape index (κ2) is 5.33. The van der Waals surface area contributed by atoms with Gasteiger partial charge in [-0.15, -0.1) is 5.10 Å². The number of hydrogen-bond donors (Lipinski definition) is 1. The highest BCUT2D eigenvalue weighted by atomic mass is 79.9. The van der Waals surface area contributed by atoms with Crippen molar-refractivity contribution >= 4 is 31.9 Å². The third kappa shape index (κ3) is 2.87. The summed E-state index contributed by atoms with van der Waals surface area (Å²) in [6, 6.07) is -0.413. The number of carbonyl (C=O) groups is 1. The van der Waals surface area contributed by atoms with E-state index < -0.39 is 28.5 Å². The Morgan fingerprint density at radius 3 is 2.44 bits per heavy atom. The summed E-state index contributed by atoms with van der Waals surface area (Å²) >= 11 is 3.02. The van der Waals surface area contributed by atoms with Crippen LogP contribution in [-0.2, 0) is 21.9 Å². The van der Waals surface area contributed by atoms with Gasteiger partial charge in [0.2, 0.25) is 10.9 Å². The van der Waals surface area contributed by atoms with Crippen LogP contribution >= 0.6 is 15.9 Å². The Labute approximate surface area is 113 Å². The fourth-order valence-electron chi connectivity index (χ4n) is 1.41. The van der Waals surface area contributed by atoms with Crippen molar-refractivity contribution in [3.63, 3.8) is 0 Å². The smallest absolute Gasteiger partial charge is 0.263 e. The topological polar surface area (TPSA) is 111 Å². The van der Waals surface area contributed by atoms with Crippen LogP contribution in [0.4, 0.5) is 0 Å². The molecule has 0 aromatic carbocycles. The fourth-order valence-corrected chi connectivity index (χ4v) is 4.05. The molecule has 1 aromatic heterocycles. The van der Waals surface area contributed by atoms with Crippen molar-refractivity contribution in [3.05, 3.63) is 4.60 Å². The quantitative estimate of drug-likeness (QED) is 0.774. The number of aryl methyl sites for hydroxylation is 1. The molecule has 0 radical (unpaired) electrons. The van der Waals surface area contributed by atoms with Gasteiger partial charge in [0.05, 0.1) is 6.54 Å². The zero-order valence-electron chi connectivity index (χ0n) is 10.2. The SMILES string of the molecule is CC(C)N(CC(N)=O)S(=O)(=O)c1c(Br)nnn1C. The number of aromatic nitrogens is 3. The number of amides is 1. The van der Waals surface area contributed by atoms with Crippen molar-refractivity contribution < 1.29 is 13.2 Å². The van der Waals surface area contributed by atoms with E-state index in [1.54, 1.807) is 13.8 Å². The van der Waals surface area contributed by atoms with Crippen molar-refractivity contribution in [3.8, 4) is 0 Å². The summed E-state index contributed by atoms with van der Waals surface area (Å²) < 4.78 is 27.0. The first-order valence-corrected chi connectivity index (χ1v) is 7.26. The van der Waals surface area contributed by atoms with Gasteiger partial charge in [-0.2, -0.15) is 4.31 Å². The van der Waals surface area contributed by atoms with Crippen LogP contribution in [0.1, 0.15) is 13.8 Å². The van der Waals surface area contributed by atoms with E-state index in [0.29, 0.717) is 0 Å². The number of nitrogens with zero attached hydrogens (tertiary/aromatic N) is 4. The Kier molecular flexibility index (Phi) is 4.46. The molecule has 0 bridgehead atoms. The Morgan fingerprint density at radius 1 is 1.56 bits per heavy atom. The van der Waals surface area contributed by atoms with Gasteiger partial charge in [0.15, 0.2) is 4.60 Å². The van der Waals surface area contributed by atoms with Crippen LogP contribution < -0.4 is 5.73 Å². The number of nitrogens with two attached hydrogens (primary N) is 1. The molecule has 0 saturated heterocycles. The van der Waals surface area contributed by atoms with E-state index in [9.17, 15) is 13.2 Å². The van der Waals surface area contributed by atoms with Gasteiger partial charge in [0, 0.05) is 13.1 Å². The molecule has 8 nitrogen and oxygen atoms in total. The molecule has 0 aliphatic carbocycles. The Hall–Kier alpha value is -1.00. The number of primary amides is 1. The molecule has 1 amide bonds. The summed E-state index contributed by atoms with van der Waals surface area (Å²) in [6.45, 7) is 2.91. The number of carbonyl (C=O) groups excluding carboxylic acids is 1. The van der Waals surface area contributed by atoms with E-state index in [0.717, 1.165) is 8.99 Å². The van der Waals surface area contributed by atoms with Gasteiger partial charge >= 0.3 is 0 Å². The molecule has 0 aliphatic rings. The molecule has 1 aromatic rings. The van der Waals surface area contributed by atoms with E-state index in [1.807, 2.05) is 0 Å². The van der Waals surface area contributed by atoms with E-state index in [-0.39, 0.29) is 9.63 Å². The molecular formula is C8H14BrN5O3S. The third-order valence-corrected chi connectivity index (χ3v) is 5.09. The summed E-state index contributed by atoms with van der Waals surface area (Å²) in [5.41, 5.74) is 5.06. The van der Waals surface area contributed by atoms with Crippen LogP contribution in [-0.4, -0.2) is 46.2 Å². The number of halogens is 1. The van der Waals surface area contributed by atoms with Crippen LogP contribution in [0.3, 0.4) is 0 Å². The first kappa shape index (κ1) is 15.1. The number of rotatable bonds is 5. The van der Waals surface area contributed by atoms with Gasteiger partial charge in [-0.25, -0.2) is 13.1 Å². The lowest BCUT2D eigenvalue weighted by Crippen LogP contribution is -2.43. The molecule has 0 unspecified atom stereocenters. The van der Waals surface area contributed by atoms with Crippen molar-refractivity contribution in [1.29, 1.82) is 0 Å². The van der Waals surface area contributed by atoms with Crippen LogP contribution in [0.15, 0.2) is 9.63 Å². The van der Waals surface area contributed by atoms with Crippen molar-refractivity contribution in [2.45, 2.75) is 24.9 Å². The molecule has 0 atom stereocenters. The fraction of sp³-hybridized carbons (Fsp3) is 0.625. The summed E-state index contributed by atoms with van der Waals surface area (Å²) in [5.74, 6) is -0.724. The predicted octanol–water partition coefficient (Wildman–Crippen LogP) is -0.538. The van der Waals surface area contributed by atoms with Crippen LogP contribution in [0.5, 0.6) is 0 Å². The third-order valence-electron chi connectivity index (χ3n) is 2.18. The van der Waals surface area contributed by atoms with Crippen molar-refractivity contribution in [2.24, 2.45) is 12.8 Å². The van der Waals surface area contributed by atoms with Gasteiger partial charge in [-0.1, -0.05) is 5.21 Å². The second-order valence-electron chi connectivity index (χ2n) is 3.92. The average molecular weight is 340 g/mol. The Bertz CT molecular complexity index is 534. The van der Waals surface area contributed by atoms with Gasteiger partial charge in [0.25, 0.3) is 10.0 Å². The summed E-state index contributed by atoms with van der Waals surface area (Å²) in [4.78, 5) is 11.0. The molecule has 0 aliphatic heterocycles. The van der Waals surface area contributed by atoms with Crippen LogP contribution in [0.2, 0.25) is 0 Å². The largest absolute Gasteiger partial charge is 0.369 e. The molecule has 0 saturated carbocycles. The maximum absolute atomic E-state index is 12.4. The second-order valence-corrected chi connectivity index (χ2v) is 6.48. The lowest BCUT2D eigenvalue weighted by atomic mass is 10.4. The minimum Gasteiger partial charge on any atom is -0.369 e. The summed E-state index contributed by atoms with van der Waals surface area (Å²) in [7, 11) is -2.44. The van der Waals surface area contributed by atoms with E-state index in [4.69, 9.17) is 5.73 Å². The zero-order chi connectivity index (χ0) is 14.1. The maximum Gasteiger partial charge on any atom is 0.263 e. The molecule has 18 heavy (non-hydrogen) atoms. The maximum atomic E-state index is 12.4. The normalized spacial score (nSPS) is 12.3. The molecular weight excluding hydrogens is 326 g/mol. The number of sulfonamides is 1. The van der Waals surface area contributed by atoms with Crippen LogP contribution in [0, 0.1) is 0 Å². The van der Waals surface area contributed by atoms with Gasteiger partial charge in [-0.3, -0.25) is 4.79 Å². The Balaban J connectivity index is 3.30. The number of hydrogen-bond acceptors (Lipinski definition) is 5. The first-order valence-electron chi connectivity index (χ1n) is 5.03. The average Bonchev–Trinajstić information content (AvgIpc) is 2.54. The van der Waals surface area contributed by atoms with E-state index in [2.05, 4.69) is 26.2 Å². The van der Waals surface area contributed by atoms with Crippen LogP contribution in [0.25, 0.3) is 0 Å². The molecule has 1 rings (SSSR count).